The number of rotatable bonds is 5. The van der Waals surface area contributed by atoms with Crippen molar-refractivity contribution in [2.45, 2.75) is 6.92 Å². The number of aromatic amines is 1. The maximum Gasteiger partial charge on any atom is 0.327 e. The van der Waals surface area contributed by atoms with E-state index < -0.39 is 5.97 Å². The summed E-state index contributed by atoms with van der Waals surface area (Å²) in [6.07, 6.45) is 1.49. The molecule has 0 amide bonds. The number of esters is 1. The molecule has 0 atom stereocenters. The van der Waals surface area contributed by atoms with Gasteiger partial charge in [0, 0.05) is 5.69 Å². The Kier molecular flexibility index (Phi) is 4.65. The van der Waals surface area contributed by atoms with E-state index >= 15 is 0 Å². The molecule has 0 unspecified atom stereocenters. The van der Waals surface area contributed by atoms with Crippen LogP contribution in [-0.2, 0) is 9.53 Å². The van der Waals surface area contributed by atoms with E-state index in [0.717, 1.165) is 0 Å². The molecule has 3 rings (SSSR count). The van der Waals surface area contributed by atoms with Gasteiger partial charge >= 0.3 is 5.97 Å². The topological polar surface area (TPSA) is 89.6 Å². The predicted molar refractivity (Wildman–Crippen MR) is 92.4 cm³/mol. The first kappa shape index (κ1) is 16.5. The first-order valence-corrected chi connectivity index (χ1v) is 7.64. The van der Waals surface area contributed by atoms with Gasteiger partial charge in [-0.2, -0.15) is 0 Å². The number of furan rings is 1. The van der Waals surface area contributed by atoms with Gasteiger partial charge in [-0.15, -0.1) is 0 Å². The van der Waals surface area contributed by atoms with Crippen LogP contribution in [0.15, 0.2) is 62.9 Å². The fourth-order valence-corrected chi connectivity index (χ4v) is 2.49. The van der Waals surface area contributed by atoms with Crippen molar-refractivity contribution in [2.24, 2.45) is 4.99 Å². The summed E-state index contributed by atoms with van der Waals surface area (Å²) in [7, 11) is 1.29. The molecule has 0 spiro atoms. The van der Waals surface area contributed by atoms with Crippen molar-refractivity contribution in [1.82, 2.24) is 9.78 Å². The summed E-state index contributed by atoms with van der Waals surface area (Å²) in [5, 5.41) is 3.04. The summed E-state index contributed by atoms with van der Waals surface area (Å²) in [6.45, 7) is 1.56. The molecule has 0 aliphatic heterocycles. The van der Waals surface area contributed by atoms with Gasteiger partial charge in [0.1, 0.15) is 12.3 Å². The quantitative estimate of drug-likeness (QED) is 0.569. The molecular weight excluding hydrogens is 322 g/mol. The van der Waals surface area contributed by atoms with E-state index in [4.69, 9.17) is 4.42 Å². The monoisotopic (exact) mass is 339 g/mol. The van der Waals surface area contributed by atoms with Crippen LogP contribution in [0.5, 0.6) is 0 Å². The third-order valence-corrected chi connectivity index (χ3v) is 3.67. The lowest BCUT2D eigenvalue weighted by molar-refractivity contribution is -0.138. The Labute approximate surface area is 143 Å². The van der Waals surface area contributed by atoms with Gasteiger partial charge in [-0.3, -0.25) is 19.7 Å². The van der Waals surface area contributed by atoms with Crippen molar-refractivity contribution in [2.75, 3.05) is 13.7 Å². The largest absolute Gasteiger partial charge is 0.468 e. The zero-order chi connectivity index (χ0) is 17.8. The maximum absolute atomic E-state index is 12.9. The first-order chi connectivity index (χ1) is 12.1. The minimum Gasteiger partial charge on any atom is -0.468 e. The molecule has 0 bridgehead atoms. The molecule has 0 saturated carbocycles. The first-order valence-electron chi connectivity index (χ1n) is 7.64. The number of carbonyl (C=O) groups excluding carboxylic acids is 1. The van der Waals surface area contributed by atoms with Crippen molar-refractivity contribution in [3.05, 3.63) is 76.1 Å². The molecule has 0 aliphatic carbocycles. The number of benzene rings is 1. The zero-order valence-corrected chi connectivity index (χ0v) is 13.9. The molecule has 1 N–H and O–H groups in total. The minimum atomic E-state index is -0.499. The Balaban J connectivity index is 2.13. The van der Waals surface area contributed by atoms with E-state index in [-0.39, 0.29) is 12.1 Å². The zero-order valence-electron chi connectivity index (χ0n) is 13.9. The van der Waals surface area contributed by atoms with E-state index in [2.05, 4.69) is 14.8 Å². The van der Waals surface area contributed by atoms with Crippen molar-refractivity contribution in [3.8, 4) is 5.69 Å². The van der Waals surface area contributed by atoms with Gasteiger partial charge in [0.2, 0.25) is 0 Å². The highest BCUT2D eigenvalue weighted by Gasteiger charge is 2.21. The number of hydrogen-bond donors (Lipinski definition) is 1. The molecule has 128 valence electrons. The highest BCUT2D eigenvalue weighted by Crippen LogP contribution is 2.14. The average Bonchev–Trinajstić information content (AvgIpc) is 3.26. The average molecular weight is 339 g/mol. The smallest absolute Gasteiger partial charge is 0.327 e. The van der Waals surface area contributed by atoms with Crippen molar-refractivity contribution < 1.29 is 13.9 Å². The molecule has 0 saturated heterocycles. The number of nitrogens with one attached hydrogen (secondary N) is 1. The van der Waals surface area contributed by atoms with Crippen molar-refractivity contribution in [3.63, 3.8) is 0 Å². The number of para-hydroxylation sites is 1. The van der Waals surface area contributed by atoms with Gasteiger partial charge in [-0.05, 0) is 31.2 Å². The summed E-state index contributed by atoms with van der Waals surface area (Å²) in [5.41, 5.74) is 1.71. The second kappa shape index (κ2) is 7.04. The summed E-state index contributed by atoms with van der Waals surface area (Å²) in [4.78, 5) is 28.6. The van der Waals surface area contributed by atoms with Crippen molar-refractivity contribution in [1.29, 1.82) is 0 Å². The SMILES string of the molecule is COC(=O)CN=C(c1ccco1)c1c(C)[nH]n(-c2ccccc2)c1=O. The van der Waals surface area contributed by atoms with Crippen LogP contribution in [0.4, 0.5) is 0 Å². The lowest BCUT2D eigenvalue weighted by atomic mass is 10.1. The highest BCUT2D eigenvalue weighted by atomic mass is 16.5. The van der Waals surface area contributed by atoms with E-state index in [1.165, 1.54) is 18.1 Å². The lowest BCUT2D eigenvalue weighted by Crippen LogP contribution is -2.22. The van der Waals surface area contributed by atoms with Crippen molar-refractivity contribution >= 4 is 11.7 Å². The number of ether oxygens (including phenoxy) is 1. The number of carbonyl (C=O) groups is 1. The van der Waals surface area contributed by atoms with E-state index in [1.807, 2.05) is 30.3 Å². The van der Waals surface area contributed by atoms with Gasteiger partial charge in [-0.25, -0.2) is 4.68 Å². The standard InChI is InChI=1S/C18H17N3O4/c1-12-16(18(23)21(20-12)13-7-4-3-5-8-13)17(14-9-6-10-25-14)19-11-15(22)24-2/h3-10,20H,11H2,1-2H3. The fraction of sp³-hybridized carbons (Fsp3) is 0.167. The summed E-state index contributed by atoms with van der Waals surface area (Å²) >= 11 is 0. The van der Waals surface area contributed by atoms with Crippen LogP contribution in [0.25, 0.3) is 5.69 Å². The molecule has 3 aromatic rings. The van der Waals surface area contributed by atoms with Gasteiger partial charge in [0.05, 0.1) is 24.6 Å². The number of aryl methyl sites for hydroxylation is 1. The van der Waals surface area contributed by atoms with Crippen LogP contribution in [-0.4, -0.2) is 35.1 Å². The number of aliphatic imine (C=N–C) groups is 1. The number of methoxy groups -OCH3 is 1. The molecule has 7 nitrogen and oxygen atoms in total. The van der Waals surface area contributed by atoms with Crippen LogP contribution >= 0.6 is 0 Å². The minimum absolute atomic E-state index is 0.206. The van der Waals surface area contributed by atoms with Crippen LogP contribution < -0.4 is 5.56 Å². The van der Waals surface area contributed by atoms with Gasteiger partial charge in [0.25, 0.3) is 5.56 Å². The Morgan fingerprint density at radius 2 is 2.00 bits per heavy atom. The Morgan fingerprint density at radius 3 is 2.64 bits per heavy atom. The molecule has 0 radical (unpaired) electrons. The maximum atomic E-state index is 12.9. The predicted octanol–water partition coefficient (Wildman–Crippen LogP) is 2.08. The summed E-state index contributed by atoms with van der Waals surface area (Å²) in [6, 6.07) is 12.6. The number of aromatic nitrogens is 2. The molecule has 25 heavy (non-hydrogen) atoms. The number of nitrogens with zero attached hydrogens (tertiary/aromatic N) is 2. The molecule has 0 aliphatic rings. The second-order valence-electron chi connectivity index (χ2n) is 5.31. The second-order valence-corrected chi connectivity index (χ2v) is 5.31. The van der Waals surface area contributed by atoms with Gasteiger partial charge in [0.15, 0.2) is 5.76 Å². The van der Waals surface area contributed by atoms with Gasteiger partial charge in [-0.1, -0.05) is 18.2 Å². The molecule has 2 aromatic heterocycles. The molecule has 7 heteroatoms. The molecule has 2 heterocycles. The van der Waals surface area contributed by atoms with Gasteiger partial charge < -0.3 is 9.15 Å². The van der Waals surface area contributed by atoms with E-state index in [9.17, 15) is 9.59 Å². The Morgan fingerprint density at radius 1 is 1.24 bits per heavy atom. The van der Waals surface area contributed by atoms with Crippen LogP contribution in [0.1, 0.15) is 17.0 Å². The molecule has 1 aromatic carbocycles. The third kappa shape index (κ3) is 3.30. The van der Waals surface area contributed by atoms with Crippen LogP contribution in [0.3, 0.4) is 0 Å². The Hall–Kier alpha value is -3.35. The fourth-order valence-electron chi connectivity index (χ4n) is 2.49. The molecular formula is C18H17N3O4. The summed E-state index contributed by atoms with van der Waals surface area (Å²) in [5.74, 6) is -0.0936. The number of hydrogen-bond acceptors (Lipinski definition) is 5. The third-order valence-electron chi connectivity index (χ3n) is 3.67. The normalized spacial score (nSPS) is 11.5. The van der Waals surface area contributed by atoms with E-state index in [1.54, 1.807) is 19.1 Å². The highest BCUT2D eigenvalue weighted by molar-refractivity contribution is 6.12. The van der Waals surface area contributed by atoms with Crippen LogP contribution in [0, 0.1) is 6.92 Å². The Bertz CT molecular complexity index is 950. The molecule has 0 fully saturated rings. The van der Waals surface area contributed by atoms with Crippen LogP contribution in [0.2, 0.25) is 0 Å². The van der Waals surface area contributed by atoms with E-state index in [0.29, 0.717) is 28.4 Å². The number of H-pyrrole nitrogens is 1. The lowest BCUT2D eigenvalue weighted by Gasteiger charge is -2.02. The summed E-state index contributed by atoms with van der Waals surface area (Å²) < 4.78 is 11.4.